The standard InChI is InChI=1S/C13H16ClN3O3/c1-8-3-2-4-9(5-8)16-13(18)11-6-10(17(19)20)7-15-12(11)14/h6-9H,2-5H2,1H3,(H,16,18). The maximum absolute atomic E-state index is 12.2. The van der Waals surface area contributed by atoms with Crippen LogP contribution < -0.4 is 5.32 Å². The van der Waals surface area contributed by atoms with E-state index >= 15 is 0 Å². The summed E-state index contributed by atoms with van der Waals surface area (Å²) in [5, 5.41) is 13.6. The molecule has 0 radical (unpaired) electrons. The first-order chi connectivity index (χ1) is 9.47. The van der Waals surface area contributed by atoms with E-state index < -0.39 is 10.8 Å². The summed E-state index contributed by atoms with van der Waals surface area (Å²) in [5.41, 5.74) is -0.185. The molecule has 0 saturated heterocycles. The lowest BCUT2D eigenvalue weighted by molar-refractivity contribution is -0.385. The van der Waals surface area contributed by atoms with Gasteiger partial charge in [0.2, 0.25) is 0 Å². The summed E-state index contributed by atoms with van der Waals surface area (Å²) >= 11 is 5.85. The monoisotopic (exact) mass is 297 g/mol. The zero-order chi connectivity index (χ0) is 14.7. The van der Waals surface area contributed by atoms with Crippen LogP contribution in [0.2, 0.25) is 5.15 Å². The number of halogens is 1. The van der Waals surface area contributed by atoms with Gasteiger partial charge in [-0.1, -0.05) is 31.4 Å². The van der Waals surface area contributed by atoms with E-state index in [2.05, 4.69) is 17.2 Å². The first kappa shape index (κ1) is 14.7. The number of aromatic nitrogens is 1. The van der Waals surface area contributed by atoms with Gasteiger partial charge in [-0.15, -0.1) is 0 Å². The predicted octanol–water partition coefficient (Wildman–Crippen LogP) is 2.95. The molecule has 1 saturated carbocycles. The Morgan fingerprint density at radius 1 is 1.55 bits per heavy atom. The third-order valence-corrected chi connectivity index (χ3v) is 3.85. The largest absolute Gasteiger partial charge is 0.349 e. The quantitative estimate of drug-likeness (QED) is 0.528. The maximum atomic E-state index is 12.2. The lowest BCUT2D eigenvalue weighted by atomic mass is 9.87. The van der Waals surface area contributed by atoms with Crippen molar-refractivity contribution in [2.24, 2.45) is 5.92 Å². The summed E-state index contributed by atoms with van der Waals surface area (Å²) in [4.78, 5) is 26.0. The molecule has 6 nitrogen and oxygen atoms in total. The molecule has 1 N–H and O–H groups in total. The van der Waals surface area contributed by atoms with E-state index in [-0.39, 0.29) is 22.4 Å². The van der Waals surface area contributed by atoms with Gasteiger partial charge in [0.05, 0.1) is 10.5 Å². The van der Waals surface area contributed by atoms with Gasteiger partial charge in [0.15, 0.2) is 0 Å². The Bertz CT molecular complexity index is 536. The van der Waals surface area contributed by atoms with Crippen molar-refractivity contribution in [3.63, 3.8) is 0 Å². The number of carbonyl (C=O) groups excluding carboxylic acids is 1. The first-order valence-electron chi connectivity index (χ1n) is 6.58. The molecule has 1 fully saturated rings. The topological polar surface area (TPSA) is 85.1 Å². The number of nitrogens with zero attached hydrogens (tertiary/aromatic N) is 2. The highest BCUT2D eigenvalue weighted by molar-refractivity contribution is 6.32. The van der Waals surface area contributed by atoms with Gasteiger partial charge in [0.1, 0.15) is 11.3 Å². The van der Waals surface area contributed by atoms with Crippen molar-refractivity contribution < 1.29 is 9.72 Å². The number of hydrogen-bond acceptors (Lipinski definition) is 4. The van der Waals surface area contributed by atoms with Crippen LogP contribution in [0.5, 0.6) is 0 Å². The smallest absolute Gasteiger partial charge is 0.288 e. The molecule has 1 amide bonds. The summed E-state index contributed by atoms with van der Waals surface area (Å²) in [7, 11) is 0. The van der Waals surface area contributed by atoms with E-state index in [1.807, 2.05) is 0 Å². The normalized spacial score (nSPS) is 22.3. The molecular formula is C13H16ClN3O3. The van der Waals surface area contributed by atoms with Gasteiger partial charge in [-0.3, -0.25) is 14.9 Å². The Kier molecular flexibility index (Phi) is 4.54. The van der Waals surface area contributed by atoms with Crippen molar-refractivity contribution >= 4 is 23.2 Å². The fraction of sp³-hybridized carbons (Fsp3) is 0.538. The fourth-order valence-corrected chi connectivity index (χ4v) is 2.71. The Morgan fingerprint density at radius 3 is 2.95 bits per heavy atom. The Labute approximate surface area is 121 Å². The van der Waals surface area contributed by atoms with E-state index in [9.17, 15) is 14.9 Å². The van der Waals surface area contributed by atoms with Gasteiger partial charge < -0.3 is 5.32 Å². The van der Waals surface area contributed by atoms with Gasteiger partial charge >= 0.3 is 0 Å². The zero-order valence-corrected chi connectivity index (χ0v) is 11.9. The van der Waals surface area contributed by atoms with Crippen molar-refractivity contribution in [3.8, 4) is 0 Å². The summed E-state index contributed by atoms with van der Waals surface area (Å²) < 4.78 is 0. The summed E-state index contributed by atoms with van der Waals surface area (Å²) in [6, 6.07) is 1.26. The molecule has 1 aliphatic carbocycles. The molecule has 2 atom stereocenters. The molecule has 0 bridgehead atoms. The van der Waals surface area contributed by atoms with Crippen LogP contribution in [0.15, 0.2) is 12.3 Å². The summed E-state index contributed by atoms with van der Waals surface area (Å²) in [5.74, 6) is 0.179. The molecule has 1 aromatic heterocycles. The third kappa shape index (κ3) is 3.45. The molecule has 108 valence electrons. The van der Waals surface area contributed by atoms with Crippen LogP contribution in [0.25, 0.3) is 0 Å². The minimum atomic E-state index is -0.594. The molecule has 0 aliphatic heterocycles. The van der Waals surface area contributed by atoms with Gasteiger partial charge in [0, 0.05) is 12.1 Å². The molecule has 2 rings (SSSR count). The van der Waals surface area contributed by atoms with E-state index in [4.69, 9.17) is 11.6 Å². The van der Waals surface area contributed by atoms with Crippen molar-refractivity contribution in [2.45, 2.75) is 38.6 Å². The number of hydrogen-bond donors (Lipinski definition) is 1. The van der Waals surface area contributed by atoms with Crippen LogP contribution in [0.1, 0.15) is 43.0 Å². The van der Waals surface area contributed by atoms with Gasteiger partial charge in [0.25, 0.3) is 11.6 Å². The molecule has 0 aromatic carbocycles. The number of amides is 1. The SMILES string of the molecule is CC1CCCC(NC(=O)c2cc([N+](=O)[O-])cnc2Cl)C1. The molecule has 1 heterocycles. The number of nitro groups is 1. The van der Waals surface area contributed by atoms with Crippen LogP contribution >= 0.6 is 11.6 Å². The molecule has 7 heteroatoms. The Balaban J connectivity index is 2.12. The van der Waals surface area contributed by atoms with Crippen LogP contribution in [0.3, 0.4) is 0 Å². The van der Waals surface area contributed by atoms with Gasteiger partial charge in [-0.05, 0) is 18.8 Å². The van der Waals surface area contributed by atoms with Crippen molar-refractivity contribution in [2.75, 3.05) is 0 Å². The van der Waals surface area contributed by atoms with Crippen LogP contribution in [-0.4, -0.2) is 21.9 Å². The van der Waals surface area contributed by atoms with Crippen LogP contribution in [-0.2, 0) is 0 Å². The molecule has 20 heavy (non-hydrogen) atoms. The zero-order valence-electron chi connectivity index (χ0n) is 11.1. The maximum Gasteiger partial charge on any atom is 0.288 e. The Hall–Kier alpha value is -1.69. The second-order valence-corrected chi connectivity index (χ2v) is 5.59. The average Bonchev–Trinajstić information content (AvgIpc) is 2.38. The summed E-state index contributed by atoms with van der Waals surface area (Å²) in [6.07, 6.45) is 5.14. The fourth-order valence-electron chi connectivity index (χ4n) is 2.52. The van der Waals surface area contributed by atoms with E-state index in [0.29, 0.717) is 5.92 Å². The van der Waals surface area contributed by atoms with Gasteiger partial charge in [-0.2, -0.15) is 0 Å². The van der Waals surface area contributed by atoms with Crippen LogP contribution in [0.4, 0.5) is 5.69 Å². The van der Waals surface area contributed by atoms with Gasteiger partial charge in [-0.25, -0.2) is 4.98 Å². The predicted molar refractivity (Wildman–Crippen MR) is 74.8 cm³/mol. The lowest BCUT2D eigenvalue weighted by Crippen LogP contribution is -2.38. The molecule has 2 unspecified atom stereocenters. The molecule has 1 aromatic rings. The molecular weight excluding hydrogens is 282 g/mol. The second kappa shape index (κ2) is 6.17. The van der Waals surface area contributed by atoms with E-state index in [1.165, 1.54) is 6.42 Å². The highest BCUT2D eigenvalue weighted by Crippen LogP contribution is 2.25. The van der Waals surface area contributed by atoms with Crippen molar-refractivity contribution in [3.05, 3.63) is 33.1 Å². The van der Waals surface area contributed by atoms with Crippen LogP contribution in [0, 0.1) is 16.0 Å². The number of carbonyl (C=O) groups is 1. The van der Waals surface area contributed by atoms with E-state index in [0.717, 1.165) is 31.5 Å². The number of pyridine rings is 1. The summed E-state index contributed by atoms with van der Waals surface area (Å²) in [6.45, 7) is 2.15. The minimum absolute atomic E-state index is 0.0167. The van der Waals surface area contributed by atoms with Crippen molar-refractivity contribution in [1.82, 2.24) is 10.3 Å². The highest BCUT2D eigenvalue weighted by Gasteiger charge is 2.23. The number of nitrogens with one attached hydrogen (secondary N) is 1. The minimum Gasteiger partial charge on any atom is -0.349 e. The molecule has 0 spiro atoms. The third-order valence-electron chi connectivity index (χ3n) is 3.55. The van der Waals surface area contributed by atoms with E-state index in [1.54, 1.807) is 0 Å². The first-order valence-corrected chi connectivity index (χ1v) is 6.96. The molecule has 1 aliphatic rings. The highest BCUT2D eigenvalue weighted by atomic mass is 35.5. The average molecular weight is 298 g/mol. The van der Waals surface area contributed by atoms with Crippen molar-refractivity contribution in [1.29, 1.82) is 0 Å². The number of rotatable bonds is 3. The second-order valence-electron chi connectivity index (χ2n) is 5.23. The Morgan fingerprint density at radius 2 is 2.30 bits per heavy atom. The lowest BCUT2D eigenvalue weighted by Gasteiger charge is -2.27.